The highest BCUT2D eigenvalue weighted by Gasteiger charge is 2.44. The molecule has 1 heterocycles. The van der Waals surface area contributed by atoms with Gasteiger partial charge in [-0.3, -0.25) is 0 Å². The lowest BCUT2D eigenvalue weighted by Crippen LogP contribution is -2.26. The Morgan fingerprint density at radius 2 is 2.23 bits per heavy atom. The topological polar surface area (TPSA) is 35.5 Å². The lowest BCUT2D eigenvalue weighted by molar-refractivity contribution is 0.0907. The molecule has 4 atom stereocenters. The summed E-state index contributed by atoms with van der Waals surface area (Å²) in [5, 5.41) is 0. The lowest BCUT2D eigenvalue weighted by Gasteiger charge is -2.21. The summed E-state index contributed by atoms with van der Waals surface area (Å²) >= 11 is 0. The fraction of sp³-hybridized carbons (Fsp3) is 0.700. The molecule has 3 unspecified atom stereocenters. The van der Waals surface area contributed by atoms with Gasteiger partial charge in [-0.1, -0.05) is 12.2 Å². The van der Waals surface area contributed by atoms with Crippen LogP contribution in [0.5, 0.6) is 0 Å². The van der Waals surface area contributed by atoms with Crippen LogP contribution in [0.25, 0.3) is 0 Å². The van der Waals surface area contributed by atoms with E-state index >= 15 is 0 Å². The molecule has 2 aliphatic carbocycles. The number of hydrogen-bond acceptors (Lipinski definition) is 3. The van der Waals surface area contributed by atoms with Crippen LogP contribution in [-0.2, 0) is 9.47 Å². The first-order valence-electron chi connectivity index (χ1n) is 4.84. The molecule has 0 radical (unpaired) electrons. The van der Waals surface area contributed by atoms with E-state index in [2.05, 4.69) is 12.2 Å². The van der Waals surface area contributed by atoms with Crippen LogP contribution in [0.4, 0.5) is 4.79 Å². The molecule has 0 N–H and O–H groups in total. The first kappa shape index (κ1) is 7.42. The summed E-state index contributed by atoms with van der Waals surface area (Å²) in [6.45, 7) is 0.459. The molecule has 0 amide bonds. The summed E-state index contributed by atoms with van der Waals surface area (Å²) in [5.74, 6) is 1.88. The SMILES string of the molecule is O=C1OC[C@H](C2CC3C=CC2C3)O1. The number of cyclic esters (lactones) is 2. The van der Waals surface area contributed by atoms with Gasteiger partial charge in [-0.15, -0.1) is 0 Å². The molecule has 3 nitrogen and oxygen atoms in total. The second-order valence-electron chi connectivity index (χ2n) is 4.16. The number of rotatable bonds is 1. The van der Waals surface area contributed by atoms with Crippen molar-refractivity contribution in [3.63, 3.8) is 0 Å². The summed E-state index contributed by atoms with van der Waals surface area (Å²) in [6.07, 6.45) is 6.51. The quantitative estimate of drug-likeness (QED) is 0.455. The maximum absolute atomic E-state index is 10.8. The zero-order valence-corrected chi connectivity index (χ0v) is 7.31. The fourth-order valence-corrected chi connectivity index (χ4v) is 2.80. The highest BCUT2D eigenvalue weighted by atomic mass is 16.8. The minimum atomic E-state index is -0.489. The molecule has 2 bridgehead atoms. The number of hydrogen-bond donors (Lipinski definition) is 0. The van der Waals surface area contributed by atoms with Crippen LogP contribution in [0.2, 0.25) is 0 Å². The van der Waals surface area contributed by atoms with E-state index in [1.807, 2.05) is 0 Å². The smallest absolute Gasteiger partial charge is 0.430 e. The van der Waals surface area contributed by atoms with Gasteiger partial charge in [-0.2, -0.15) is 0 Å². The molecular weight excluding hydrogens is 168 g/mol. The molecule has 13 heavy (non-hydrogen) atoms. The molecular formula is C10H12O3. The van der Waals surface area contributed by atoms with Crippen molar-refractivity contribution in [3.05, 3.63) is 12.2 Å². The predicted molar refractivity (Wildman–Crippen MR) is 45.1 cm³/mol. The molecule has 3 heteroatoms. The fourth-order valence-electron chi connectivity index (χ4n) is 2.80. The standard InChI is InChI=1S/C10H12O3/c11-10-12-5-9(13-10)8-4-6-1-2-7(8)3-6/h1-2,6-9H,3-5H2/t6?,7?,8?,9-/m1/s1. The van der Waals surface area contributed by atoms with Gasteiger partial charge in [0.05, 0.1) is 0 Å². The number of carbonyl (C=O) groups is 1. The lowest BCUT2D eigenvalue weighted by atomic mass is 9.89. The molecule has 1 saturated heterocycles. The molecule has 3 aliphatic rings. The third-order valence-electron chi connectivity index (χ3n) is 3.42. The van der Waals surface area contributed by atoms with Gasteiger partial charge >= 0.3 is 6.16 Å². The van der Waals surface area contributed by atoms with Crippen molar-refractivity contribution in [1.29, 1.82) is 0 Å². The van der Waals surface area contributed by atoms with Crippen LogP contribution >= 0.6 is 0 Å². The Labute approximate surface area is 76.7 Å². The first-order valence-corrected chi connectivity index (χ1v) is 4.84. The van der Waals surface area contributed by atoms with Crippen molar-refractivity contribution in [2.45, 2.75) is 18.9 Å². The van der Waals surface area contributed by atoms with Gasteiger partial charge in [0.2, 0.25) is 0 Å². The Kier molecular flexibility index (Phi) is 1.43. The molecule has 70 valence electrons. The van der Waals surface area contributed by atoms with Gasteiger partial charge in [-0.05, 0) is 24.7 Å². The third-order valence-corrected chi connectivity index (χ3v) is 3.42. The van der Waals surface area contributed by atoms with E-state index in [0.717, 1.165) is 5.92 Å². The van der Waals surface area contributed by atoms with E-state index in [0.29, 0.717) is 18.4 Å². The van der Waals surface area contributed by atoms with Crippen LogP contribution in [0, 0.1) is 17.8 Å². The number of carbonyl (C=O) groups excluding carboxylic acids is 1. The maximum atomic E-state index is 10.8. The van der Waals surface area contributed by atoms with Gasteiger partial charge in [0.15, 0.2) is 0 Å². The Balaban J connectivity index is 1.73. The minimum absolute atomic E-state index is 0.0208. The molecule has 2 fully saturated rings. The van der Waals surface area contributed by atoms with Crippen molar-refractivity contribution in [1.82, 2.24) is 0 Å². The molecule has 0 aromatic heterocycles. The minimum Gasteiger partial charge on any atom is -0.430 e. The van der Waals surface area contributed by atoms with Gasteiger partial charge in [0.25, 0.3) is 0 Å². The Morgan fingerprint density at radius 1 is 1.31 bits per heavy atom. The first-order chi connectivity index (χ1) is 6.33. The van der Waals surface area contributed by atoms with Crippen molar-refractivity contribution >= 4 is 6.16 Å². The van der Waals surface area contributed by atoms with Crippen LogP contribution in [0.1, 0.15) is 12.8 Å². The summed E-state index contributed by atoms with van der Waals surface area (Å²) < 4.78 is 9.90. The van der Waals surface area contributed by atoms with E-state index < -0.39 is 6.16 Å². The molecule has 1 aliphatic heterocycles. The Hall–Kier alpha value is -0.990. The monoisotopic (exact) mass is 180 g/mol. The van der Waals surface area contributed by atoms with Crippen molar-refractivity contribution < 1.29 is 14.3 Å². The molecule has 0 aromatic carbocycles. The van der Waals surface area contributed by atoms with Crippen molar-refractivity contribution in [2.24, 2.45) is 17.8 Å². The zero-order valence-electron chi connectivity index (χ0n) is 7.31. The van der Waals surface area contributed by atoms with Crippen LogP contribution in [0.3, 0.4) is 0 Å². The summed E-state index contributed by atoms with van der Waals surface area (Å²) in [6, 6.07) is 0. The summed E-state index contributed by atoms with van der Waals surface area (Å²) in [7, 11) is 0. The Bertz CT molecular complexity index is 271. The van der Waals surface area contributed by atoms with E-state index in [9.17, 15) is 4.79 Å². The maximum Gasteiger partial charge on any atom is 0.508 e. The van der Waals surface area contributed by atoms with Gasteiger partial charge < -0.3 is 9.47 Å². The zero-order chi connectivity index (χ0) is 8.84. The van der Waals surface area contributed by atoms with Gasteiger partial charge in [0, 0.05) is 5.92 Å². The second-order valence-corrected chi connectivity index (χ2v) is 4.16. The highest BCUT2D eigenvalue weighted by Crippen LogP contribution is 2.46. The second kappa shape index (κ2) is 2.50. The van der Waals surface area contributed by atoms with Gasteiger partial charge in [-0.25, -0.2) is 4.79 Å². The summed E-state index contributed by atoms with van der Waals surface area (Å²) in [4.78, 5) is 10.8. The Morgan fingerprint density at radius 3 is 2.77 bits per heavy atom. The number of ether oxygens (including phenoxy) is 2. The van der Waals surface area contributed by atoms with E-state index in [4.69, 9.17) is 9.47 Å². The van der Waals surface area contributed by atoms with E-state index in [1.165, 1.54) is 12.8 Å². The summed E-state index contributed by atoms with van der Waals surface area (Å²) in [5.41, 5.74) is 0. The van der Waals surface area contributed by atoms with Crippen molar-refractivity contribution in [2.75, 3.05) is 6.61 Å². The van der Waals surface area contributed by atoms with Crippen LogP contribution < -0.4 is 0 Å². The normalized spacial score (nSPS) is 46.6. The van der Waals surface area contributed by atoms with Crippen LogP contribution in [-0.4, -0.2) is 18.9 Å². The average Bonchev–Trinajstić information content (AvgIpc) is 2.77. The predicted octanol–water partition coefficient (Wildman–Crippen LogP) is 1.73. The molecule has 1 saturated carbocycles. The van der Waals surface area contributed by atoms with E-state index in [1.54, 1.807) is 0 Å². The number of allylic oxidation sites excluding steroid dienone is 2. The highest BCUT2D eigenvalue weighted by molar-refractivity contribution is 5.61. The molecule has 3 rings (SSSR count). The number of fused-ring (bicyclic) bond motifs is 2. The van der Waals surface area contributed by atoms with Crippen LogP contribution in [0.15, 0.2) is 12.2 Å². The average molecular weight is 180 g/mol. The van der Waals surface area contributed by atoms with E-state index in [-0.39, 0.29) is 6.10 Å². The van der Waals surface area contributed by atoms with Gasteiger partial charge in [0.1, 0.15) is 12.7 Å². The third kappa shape index (κ3) is 1.06. The largest absolute Gasteiger partial charge is 0.508 e. The van der Waals surface area contributed by atoms with Crippen molar-refractivity contribution in [3.8, 4) is 0 Å². The molecule has 0 spiro atoms. The molecule has 0 aromatic rings.